The lowest BCUT2D eigenvalue weighted by atomic mass is 10.2. The molecule has 20 heavy (non-hydrogen) atoms. The maximum Gasteiger partial charge on any atom is 0.307 e. The van der Waals surface area contributed by atoms with Crippen molar-refractivity contribution in [3.05, 3.63) is 30.4 Å². The minimum absolute atomic E-state index is 0.174. The van der Waals surface area contributed by atoms with Crippen molar-refractivity contribution in [2.24, 2.45) is 0 Å². The normalized spacial score (nSPS) is 10.5. The maximum atomic E-state index is 12.3. The molecule has 0 bridgehead atoms. The first-order valence-electron chi connectivity index (χ1n) is 6.32. The van der Waals surface area contributed by atoms with E-state index in [1.54, 1.807) is 37.1 Å². The number of rotatable bonds is 5. The summed E-state index contributed by atoms with van der Waals surface area (Å²) in [6.07, 6.45) is 6.52. The molecule has 2 heterocycles. The van der Waals surface area contributed by atoms with Crippen molar-refractivity contribution in [3.8, 4) is 0 Å². The average Bonchev–Trinajstić information content (AvgIpc) is 2.88. The van der Waals surface area contributed by atoms with Crippen LogP contribution in [0.15, 0.2) is 24.8 Å². The van der Waals surface area contributed by atoms with Crippen LogP contribution < -0.4 is 0 Å². The highest BCUT2D eigenvalue weighted by molar-refractivity contribution is 6.00. The zero-order chi connectivity index (χ0) is 14.5. The van der Waals surface area contributed by atoms with Gasteiger partial charge in [0.25, 0.3) is 5.91 Å². The van der Waals surface area contributed by atoms with E-state index in [4.69, 9.17) is 4.74 Å². The second kappa shape index (κ2) is 6.14. The molecule has 0 N–H and O–H groups in total. The average molecular weight is 276 g/mol. The van der Waals surface area contributed by atoms with Crippen LogP contribution in [0, 0.1) is 0 Å². The number of amides is 1. The van der Waals surface area contributed by atoms with Crippen molar-refractivity contribution in [2.45, 2.75) is 13.3 Å². The summed E-state index contributed by atoms with van der Waals surface area (Å²) in [5, 5.41) is 4.08. The summed E-state index contributed by atoms with van der Waals surface area (Å²) < 4.78 is 6.41. The Morgan fingerprint density at radius 2 is 2.20 bits per heavy atom. The molecule has 0 radical (unpaired) electrons. The van der Waals surface area contributed by atoms with Gasteiger partial charge in [-0.3, -0.25) is 14.6 Å². The molecule has 0 unspecified atom stereocenters. The number of aromatic nitrogens is 3. The van der Waals surface area contributed by atoms with E-state index in [2.05, 4.69) is 10.1 Å². The van der Waals surface area contributed by atoms with Gasteiger partial charge in [0.1, 0.15) is 0 Å². The first kappa shape index (κ1) is 14.0. The highest BCUT2D eigenvalue weighted by Gasteiger charge is 2.17. The van der Waals surface area contributed by atoms with Crippen molar-refractivity contribution in [3.63, 3.8) is 0 Å². The molecule has 0 atom stereocenters. The van der Waals surface area contributed by atoms with Gasteiger partial charge < -0.3 is 9.64 Å². The number of hydrogen-bond donors (Lipinski definition) is 0. The highest BCUT2D eigenvalue weighted by Crippen LogP contribution is 2.11. The molecule has 0 saturated heterocycles. The number of ether oxygens (including phenoxy) is 1. The predicted molar refractivity (Wildman–Crippen MR) is 71.2 cm³/mol. The Morgan fingerprint density at radius 1 is 1.40 bits per heavy atom. The molecule has 0 aromatic carbocycles. The third-order valence-corrected chi connectivity index (χ3v) is 2.86. The van der Waals surface area contributed by atoms with Crippen LogP contribution in [0.1, 0.15) is 23.7 Å². The first-order chi connectivity index (χ1) is 9.63. The van der Waals surface area contributed by atoms with Gasteiger partial charge >= 0.3 is 5.97 Å². The second-order valence-corrected chi connectivity index (χ2v) is 4.25. The molecular weight excluding hydrogens is 260 g/mol. The number of hydrogen-bond acceptors (Lipinski definition) is 5. The zero-order valence-corrected chi connectivity index (χ0v) is 11.4. The van der Waals surface area contributed by atoms with Crippen LogP contribution in [-0.2, 0) is 9.53 Å². The van der Waals surface area contributed by atoms with Gasteiger partial charge in [-0.05, 0) is 6.92 Å². The van der Waals surface area contributed by atoms with E-state index in [9.17, 15) is 9.59 Å². The Kier molecular flexibility index (Phi) is 4.29. The molecule has 2 rings (SSSR count). The molecule has 0 saturated carbocycles. The lowest BCUT2D eigenvalue weighted by Gasteiger charge is -2.15. The molecule has 2 aromatic heterocycles. The predicted octanol–water partition coefficient (Wildman–Crippen LogP) is 0.754. The summed E-state index contributed by atoms with van der Waals surface area (Å²) in [4.78, 5) is 29.0. The van der Waals surface area contributed by atoms with E-state index in [0.29, 0.717) is 24.2 Å². The lowest BCUT2D eigenvalue weighted by molar-refractivity contribution is -0.143. The summed E-state index contributed by atoms with van der Waals surface area (Å²) >= 11 is 0. The Morgan fingerprint density at radius 3 is 2.95 bits per heavy atom. The molecular formula is C13H16N4O3. The molecule has 1 amide bonds. The van der Waals surface area contributed by atoms with Gasteiger partial charge in [-0.1, -0.05) is 0 Å². The summed E-state index contributed by atoms with van der Waals surface area (Å²) in [6.45, 7) is 2.39. The van der Waals surface area contributed by atoms with Crippen LogP contribution in [0.25, 0.3) is 5.52 Å². The molecule has 0 spiro atoms. The van der Waals surface area contributed by atoms with Crippen LogP contribution in [0.4, 0.5) is 0 Å². The third kappa shape index (κ3) is 2.93. The van der Waals surface area contributed by atoms with E-state index in [1.807, 2.05) is 0 Å². The highest BCUT2D eigenvalue weighted by atomic mass is 16.5. The molecule has 7 nitrogen and oxygen atoms in total. The van der Waals surface area contributed by atoms with Crippen molar-refractivity contribution in [1.82, 2.24) is 19.5 Å². The molecule has 0 aliphatic carbocycles. The molecule has 0 fully saturated rings. The largest absolute Gasteiger partial charge is 0.466 e. The van der Waals surface area contributed by atoms with Gasteiger partial charge in [0.15, 0.2) is 0 Å². The van der Waals surface area contributed by atoms with E-state index >= 15 is 0 Å². The van der Waals surface area contributed by atoms with Crippen LogP contribution in [0.2, 0.25) is 0 Å². The Bertz CT molecular complexity index is 623. The maximum absolute atomic E-state index is 12.3. The van der Waals surface area contributed by atoms with Crippen LogP contribution >= 0.6 is 0 Å². The summed E-state index contributed by atoms with van der Waals surface area (Å²) in [6, 6.07) is 0. The van der Waals surface area contributed by atoms with Gasteiger partial charge in [0.05, 0.1) is 36.5 Å². The van der Waals surface area contributed by atoms with E-state index in [0.717, 1.165) is 0 Å². The number of carbonyl (C=O) groups excluding carboxylic acids is 2. The van der Waals surface area contributed by atoms with Gasteiger partial charge in [-0.15, -0.1) is 0 Å². The fourth-order valence-corrected chi connectivity index (χ4v) is 1.80. The monoisotopic (exact) mass is 276 g/mol. The van der Waals surface area contributed by atoms with Crippen molar-refractivity contribution in [2.75, 3.05) is 20.2 Å². The number of esters is 1. The molecule has 106 valence electrons. The van der Waals surface area contributed by atoms with Crippen molar-refractivity contribution in [1.29, 1.82) is 0 Å². The number of carbonyl (C=O) groups is 2. The van der Waals surface area contributed by atoms with E-state index in [-0.39, 0.29) is 18.3 Å². The van der Waals surface area contributed by atoms with Gasteiger partial charge in [0.2, 0.25) is 0 Å². The quantitative estimate of drug-likeness (QED) is 0.753. The van der Waals surface area contributed by atoms with Gasteiger partial charge in [-0.2, -0.15) is 5.10 Å². The Hall–Kier alpha value is -2.44. The first-order valence-corrected chi connectivity index (χ1v) is 6.32. The van der Waals surface area contributed by atoms with Gasteiger partial charge in [-0.25, -0.2) is 4.52 Å². The molecule has 2 aromatic rings. The standard InChI is InChI=1S/C13H16N4O3/c1-3-20-12(18)4-6-16(2)13(19)10-8-15-17-7-5-14-9-11(10)17/h5,7-9H,3-4,6H2,1-2H3. The summed E-state index contributed by atoms with van der Waals surface area (Å²) in [7, 11) is 1.64. The minimum atomic E-state index is -0.311. The van der Waals surface area contributed by atoms with Crippen LogP contribution in [0.5, 0.6) is 0 Å². The lowest BCUT2D eigenvalue weighted by Crippen LogP contribution is -2.29. The van der Waals surface area contributed by atoms with Crippen molar-refractivity contribution >= 4 is 17.4 Å². The smallest absolute Gasteiger partial charge is 0.307 e. The number of nitrogens with zero attached hydrogens (tertiary/aromatic N) is 4. The van der Waals surface area contributed by atoms with E-state index < -0.39 is 0 Å². The zero-order valence-electron chi connectivity index (χ0n) is 11.4. The Balaban J connectivity index is 2.05. The molecule has 0 aliphatic heterocycles. The SMILES string of the molecule is CCOC(=O)CCN(C)C(=O)c1cnn2ccncc12. The van der Waals surface area contributed by atoms with E-state index in [1.165, 1.54) is 11.1 Å². The Labute approximate surface area is 116 Å². The minimum Gasteiger partial charge on any atom is -0.466 e. The summed E-state index contributed by atoms with van der Waals surface area (Å²) in [5.41, 5.74) is 1.10. The van der Waals surface area contributed by atoms with Crippen LogP contribution in [0.3, 0.4) is 0 Å². The van der Waals surface area contributed by atoms with Gasteiger partial charge in [0, 0.05) is 26.0 Å². The van der Waals surface area contributed by atoms with Crippen LogP contribution in [-0.4, -0.2) is 51.6 Å². The fraction of sp³-hybridized carbons (Fsp3) is 0.385. The second-order valence-electron chi connectivity index (χ2n) is 4.25. The fourth-order valence-electron chi connectivity index (χ4n) is 1.80. The molecule has 7 heteroatoms. The number of fused-ring (bicyclic) bond motifs is 1. The molecule has 0 aliphatic rings. The topological polar surface area (TPSA) is 76.8 Å². The van der Waals surface area contributed by atoms with Crippen molar-refractivity contribution < 1.29 is 14.3 Å². The summed E-state index contributed by atoms with van der Waals surface area (Å²) in [5.74, 6) is -0.508. The third-order valence-electron chi connectivity index (χ3n) is 2.86.